The maximum atomic E-state index is 9.73. The summed E-state index contributed by atoms with van der Waals surface area (Å²) in [6.45, 7) is 3.74. The van der Waals surface area contributed by atoms with E-state index in [4.69, 9.17) is 9.26 Å². The molecule has 2 aromatic rings. The lowest BCUT2D eigenvalue weighted by atomic mass is 9.88. The number of hydrogen-bond acceptors (Lipinski definition) is 6. The zero-order valence-electron chi connectivity index (χ0n) is 18.5. The van der Waals surface area contributed by atoms with Gasteiger partial charge in [-0.25, -0.2) is 0 Å². The molecule has 1 saturated carbocycles. The van der Waals surface area contributed by atoms with Crippen LogP contribution in [0.3, 0.4) is 0 Å². The Morgan fingerprint density at radius 2 is 1.87 bits per heavy atom. The van der Waals surface area contributed by atoms with Gasteiger partial charge in [-0.05, 0) is 103 Å². The minimum atomic E-state index is -0.126. The average Bonchev–Trinajstić information content (AvgIpc) is 3.17. The van der Waals surface area contributed by atoms with Crippen molar-refractivity contribution in [3.05, 3.63) is 23.4 Å². The first-order chi connectivity index (χ1) is 14.6. The van der Waals surface area contributed by atoms with Crippen LogP contribution < -0.4 is 10.1 Å². The number of piperidine rings is 1. The van der Waals surface area contributed by atoms with Crippen LogP contribution in [0.15, 0.2) is 16.7 Å². The number of hydrogen-bond donors (Lipinski definition) is 2. The first-order valence-electron chi connectivity index (χ1n) is 11.7. The number of aromatic nitrogens is 1. The van der Waals surface area contributed by atoms with E-state index in [0.29, 0.717) is 12.5 Å². The van der Waals surface area contributed by atoms with Gasteiger partial charge in [0.15, 0.2) is 5.58 Å². The zero-order chi connectivity index (χ0) is 20.9. The van der Waals surface area contributed by atoms with Crippen molar-refractivity contribution in [3.8, 4) is 5.75 Å². The predicted octanol–water partition coefficient (Wildman–Crippen LogP) is 3.75. The highest BCUT2D eigenvalue weighted by Gasteiger charge is 2.22. The van der Waals surface area contributed by atoms with Gasteiger partial charge in [-0.15, -0.1) is 0 Å². The quantitative estimate of drug-likeness (QED) is 0.684. The summed E-state index contributed by atoms with van der Waals surface area (Å²) < 4.78 is 12.1. The Hall–Kier alpha value is -1.63. The topological polar surface area (TPSA) is 70.8 Å². The number of benzene rings is 1. The number of fused-ring (bicyclic) bond motifs is 1. The van der Waals surface area contributed by atoms with Crippen molar-refractivity contribution in [1.29, 1.82) is 0 Å². The Morgan fingerprint density at radius 1 is 1.10 bits per heavy atom. The minimum Gasteiger partial charge on any atom is -0.493 e. The lowest BCUT2D eigenvalue weighted by Gasteiger charge is -2.26. The summed E-state index contributed by atoms with van der Waals surface area (Å²) in [4.78, 5) is 2.15. The molecule has 1 saturated heterocycles. The number of aryl methyl sites for hydroxylation is 1. The van der Waals surface area contributed by atoms with Crippen LogP contribution in [0, 0.1) is 11.8 Å². The second-order valence-electron chi connectivity index (χ2n) is 9.50. The molecule has 0 radical (unpaired) electrons. The van der Waals surface area contributed by atoms with Gasteiger partial charge in [0.05, 0.1) is 24.0 Å². The smallest absolute Gasteiger partial charge is 0.175 e. The summed E-state index contributed by atoms with van der Waals surface area (Å²) in [6.07, 6.45) is 8.41. The summed E-state index contributed by atoms with van der Waals surface area (Å²) in [5.74, 6) is 2.21. The molecular formula is C24H37N3O3. The molecule has 30 heavy (non-hydrogen) atoms. The second kappa shape index (κ2) is 10.1. The zero-order valence-corrected chi connectivity index (χ0v) is 18.5. The Morgan fingerprint density at radius 3 is 2.60 bits per heavy atom. The highest BCUT2D eigenvalue weighted by Crippen LogP contribution is 2.33. The van der Waals surface area contributed by atoms with E-state index in [1.54, 1.807) is 0 Å². The monoisotopic (exact) mass is 415 g/mol. The molecule has 166 valence electrons. The fourth-order valence-electron chi connectivity index (χ4n) is 4.90. The van der Waals surface area contributed by atoms with Crippen molar-refractivity contribution in [3.63, 3.8) is 0 Å². The van der Waals surface area contributed by atoms with Crippen LogP contribution in [0.25, 0.3) is 11.0 Å². The molecule has 0 unspecified atom stereocenters. The summed E-state index contributed by atoms with van der Waals surface area (Å²) in [5.41, 5.74) is 3.05. The third-order valence-electron chi connectivity index (χ3n) is 6.79. The number of nitrogens with one attached hydrogen (secondary N) is 1. The lowest BCUT2D eigenvalue weighted by Crippen LogP contribution is -2.27. The van der Waals surface area contributed by atoms with Crippen molar-refractivity contribution in [2.45, 2.75) is 64.0 Å². The molecule has 1 aliphatic carbocycles. The Balaban J connectivity index is 1.48. The van der Waals surface area contributed by atoms with Crippen LogP contribution in [0.1, 0.15) is 56.2 Å². The molecule has 0 bridgehead atoms. The van der Waals surface area contributed by atoms with E-state index in [0.717, 1.165) is 85.6 Å². The van der Waals surface area contributed by atoms with Crippen molar-refractivity contribution < 1.29 is 14.4 Å². The van der Waals surface area contributed by atoms with Gasteiger partial charge in [-0.3, -0.25) is 0 Å². The standard InChI is InChI=1S/C24H37N3O3/c1-27(2)15-21-23(29-16-18-3-6-19(28)7-4-18)10-8-20-22(26-30-24(20)21)9-5-17-11-13-25-14-12-17/h8,10,17-19,25,28H,3-7,9,11-16H2,1-2H3. The van der Waals surface area contributed by atoms with Crippen LogP contribution in [-0.2, 0) is 13.0 Å². The molecular weight excluding hydrogens is 378 g/mol. The van der Waals surface area contributed by atoms with Crippen LogP contribution >= 0.6 is 0 Å². The number of nitrogens with zero attached hydrogens (tertiary/aromatic N) is 2. The molecule has 1 aromatic heterocycles. The third-order valence-corrected chi connectivity index (χ3v) is 6.79. The van der Waals surface area contributed by atoms with Crippen molar-refractivity contribution in [2.75, 3.05) is 33.8 Å². The summed E-state index contributed by atoms with van der Waals surface area (Å²) in [6, 6.07) is 4.23. The number of aliphatic hydroxyl groups excluding tert-OH is 1. The second-order valence-corrected chi connectivity index (χ2v) is 9.50. The summed E-state index contributed by atoms with van der Waals surface area (Å²) in [7, 11) is 4.14. The van der Waals surface area contributed by atoms with Crippen molar-refractivity contribution in [2.24, 2.45) is 11.8 Å². The molecule has 6 heteroatoms. The van der Waals surface area contributed by atoms with E-state index in [2.05, 4.69) is 41.6 Å². The summed E-state index contributed by atoms with van der Waals surface area (Å²) >= 11 is 0. The average molecular weight is 416 g/mol. The minimum absolute atomic E-state index is 0.126. The van der Waals surface area contributed by atoms with Gasteiger partial charge in [0.2, 0.25) is 0 Å². The molecule has 2 heterocycles. The molecule has 0 spiro atoms. The highest BCUT2D eigenvalue weighted by molar-refractivity contribution is 5.84. The van der Waals surface area contributed by atoms with E-state index < -0.39 is 0 Å². The first-order valence-corrected chi connectivity index (χ1v) is 11.7. The molecule has 0 amide bonds. The molecule has 6 nitrogen and oxygen atoms in total. The fourth-order valence-corrected chi connectivity index (χ4v) is 4.90. The SMILES string of the molecule is CN(C)Cc1c(OCC2CCC(O)CC2)ccc2c(CCC3CCNCC3)noc12. The maximum Gasteiger partial charge on any atom is 0.175 e. The third kappa shape index (κ3) is 5.34. The molecule has 1 aliphatic heterocycles. The normalized spacial score (nSPS) is 23.3. The molecule has 1 aromatic carbocycles. The molecule has 2 fully saturated rings. The van der Waals surface area contributed by atoms with Gasteiger partial charge in [0.25, 0.3) is 0 Å². The number of aliphatic hydroxyl groups is 1. The van der Waals surface area contributed by atoms with E-state index in [1.807, 2.05) is 0 Å². The maximum absolute atomic E-state index is 9.73. The van der Waals surface area contributed by atoms with Gasteiger partial charge in [0, 0.05) is 11.9 Å². The molecule has 2 N–H and O–H groups in total. The summed E-state index contributed by atoms with van der Waals surface area (Å²) in [5, 5.41) is 18.8. The van der Waals surface area contributed by atoms with E-state index in [9.17, 15) is 5.11 Å². The fraction of sp³-hybridized carbons (Fsp3) is 0.708. The van der Waals surface area contributed by atoms with Gasteiger partial charge in [0.1, 0.15) is 5.75 Å². The number of rotatable bonds is 8. The van der Waals surface area contributed by atoms with Gasteiger partial charge < -0.3 is 24.6 Å². The molecule has 4 rings (SSSR count). The van der Waals surface area contributed by atoms with Crippen LogP contribution in [-0.4, -0.2) is 55.1 Å². The van der Waals surface area contributed by atoms with Crippen molar-refractivity contribution >= 4 is 11.0 Å². The van der Waals surface area contributed by atoms with E-state index in [1.165, 1.54) is 19.3 Å². The van der Waals surface area contributed by atoms with Gasteiger partial charge in [-0.2, -0.15) is 0 Å². The van der Waals surface area contributed by atoms with Gasteiger partial charge >= 0.3 is 0 Å². The van der Waals surface area contributed by atoms with Gasteiger partial charge in [-0.1, -0.05) is 5.16 Å². The molecule has 0 atom stereocenters. The predicted molar refractivity (Wildman–Crippen MR) is 119 cm³/mol. The number of ether oxygens (including phenoxy) is 1. The van der Waals surface area contributed by atoms with E-state index in [-0.39, 0.29) is 6.10 Å². The van der Waals surface area contributed by atoms with Crippen LogP contribution in [0.5, 0.6) is 5.75 Å². The Bertz CT molecular complexity index is 805. The highest BCUT2D eigenvalue weighted by atomic mass is 16.5. The Kier molecular flexibility index (Phi) is 7.28. The molecule has 2 aliphatic rings. The largest absolute Gasteiger partial charge is 0.493 e. The van der Waals surface area contributed by atoms with E-state index >= 15 is 0 Å². The van der Waals surface area contributed by atoms with Crippen molar-refractivity contribution in [1.82, 2.24) is 15.4 Å². The lowest BCUT2D eigenvalue weighted by molar-refractivity contribution is 0.0914. The first kappa shape index (κ1) is 21.6. The van der Waals surface area contributed by atoms with Crippen LogP contribution in [0.2, 0.25) is 0 Å². The van der Waals surface area contributed by atoms with Crippen LogP contribution in [0.4, 0.5) is 0 Å². The Labute approximate surface area is 179 Å².